The molecule has 132 valence electrons. The smallest absolute Gasteiger partial charge is 0.306 e. The molecule has 25 heavy (non-hydrogen) atoms. The summed E-state index contributed by atoms with van der Waals surface area (Å²) in [6.45, 7) is 2.19. The van der Waals surface area contributed by atoms with Crippen LogP contribution in [0.3, 0.4) is 0 Å². The van der Waals surface area contributed by atoms with Crippen LogP contribution in [0.4, 0.5) is 0 Å². The molecule has 6 heteroatoms. The standard InChI is InChI=1S/C19H21NO5/c1-13-18(23)15(11-16(21)19(13)24-2)20-10-6-9-17(22)25-12-14-7-4-3-5-8-14/h3-5,7-8,11,20H,6,9-10,12H2,1-2H3. The Morgan fingerprint density at radius 3 is 2.56 bits per heavy atom. The van der Waals surface area contributed by atoms with Gasteiger partial charge in [0.15, 0.2) is 5.76 Å². The minimum absolute atomic E-state index is 0.0695. The van der Waals surface area contributed by atoms with Crippen LogP contribution in [0.15, 0.2) is 53.4 Å². The van der Waals surface area contributed by atoms with E-state index in [1.54, 1.807) is 6.92 Å². The van der Waals surface area contributed by atoms with Gasteiger partial charge in [-0.3, -0.25) is 14.4 Å². The van der Waals surface area contributed by atoms with Crippen molar-refractivity contribution in [2.45, 2.75) is 26.4 Å². The zero-order valence-corrected chi connectivity index (χ0v) is 14.3. The third-order valence-corrected chi connectivity index (χ3v) is 3.74. The van der Waals surface area contributed by atoms with Crippen molar-refractivity contribution in [3.05, 3.63) is 59.0 Å². The molecule has 1 aromatic rings. The highest BCUT2D eigenvalue weighted by molar-refractivity contribution is 6.21. The molecule has 0 saturated heterocycles. The van der Waals surface area contributed by atoms with Gasteiger partial charge >= 0.3 is 5.97 Å². The van der Waals surface area contributed by atoms with Crippen LogP contribution in [0, 0.1) is 0 Å². The molecule has 0 aromatic heterocycles. The topological polar surface area (TPSA) is 81.7 Å². The molecule has 0 fully saturated rings. The van der Waals surface area contributed by atoms with Gasteiger partial charge in [0.25, 0.3) is 0 Å². The number of Topliss-reactive ketones (excluding diaryl/α,β-unsaturated/α-hetero) is 1. The van der Waals surface area contributed by atoms with Gasteiger partial charge in [-0.15, -0.1) is 0 Å². The zero-order valence-electron chi connectivity index (χ0n) is 14.3. The van der Waals surface area contributed by atoms with E-state index in [1.165, 1.54) is 13.2 Å². The highest BCUT2D eigenvalue weighted by Crippen LogP contribution is 2.18. The molecule has 1 N–H and O–H groups in total. The summed E-state index contributed by atoms with van der Waals surface area (Å²) in [6.07, 6.45) is 1.95. The Kier molecular flexibility index (Phi) is 6.51. The molecule has 0 amide bonds. The van der Waals surface area contributed by atoms with Gasteiger partial charge in [0.05, 0.1) is 12.8 Å². The molecule has 0 aliphatic heterocycles. The van der Waals surface area contributed by atoms with Crippen LogP contribution in [-0.2, 0) is 30.5 Å². The Bertz CT molecular complexity index is 719. The number of allylic oxidation sites excluding steroid dienone is 2. The van der Waals surface area contributed by atoms with Crippen LogP contribution in [-0.4, -0.2) is 31.2 Å². The monoisotopic (exact) mass is 343 g/mol. The lowest BCUT2D eigenvalue weighted by Gasteiger charge is -2.16. The van der Waals surface area contributed by atoms with Crippen LogP contribution in [0.25, 0.3) is 0 Å². The summed E-state index contributed by atoms with van der Waals surface area (Å²) in [5, 5.41) is 2.90. The number of esters is 1. The van der Waals surface area contributed by atoms with E-state index in [-0.39, 0.29) is 47.6 Å². The fraction of sp³-hybridized carbons (Fsp3) is 0.316. The highest BCUT2D eigenvalue weighted by atomic mass is 16.5. The number of hydrogen-bond acceptors (Lipinski definition) is 6. The molecule has 6 nitrogen and oxygen atoms in total. The minimum Gasteiger partial charge on any atom is -0.492 e. The average molecular weight is 343 g/mol. The SMILES string of the molecule is COC1=C(C)C(=O)C(NCCCC(=O)OCc2ccccc2)=CC1=O. The maximum atomic E-state index is 12.1. The molecule has 1 aliphatic carbocycles. The van der Waals surface area contributed by atoms with E-state index in [2.05, 4.69) is 5.32 Å². The molecular formula is C19H21NO5. The second-order valence-electron chi connectivity index (χ2n) is 5.59. The number of methoxy groups -OCH3 is 1. The molecule has 0 radical (unpaired) electrons. The van der Waals surface area contributed by atoms with E-state index in [4.69, 9.17) is 9.47 Å². The first-order valence-corrected chi connectivity index (χ1v) is 8.02. The van der Waals surface area contributed by atoms with E-state index in [9.17, 15) is 14.4 Å². The summed E-state index contributed by atoms with van der Waals surface area (Å²) in [5.41, 5.74) is 1.43. The van der Waals surface area contributed by atoms with E-state index in [0.29, 0.717) is 13.0 Å². The molecule has 2 rings (SSSR count). The lowest BCUT2D eigenvalue weighted by molar-refractivity contribution is -0.145. The molecule has 1 aromatic carbocycles. The maximum Gasteiger partial charge on any atom is 0.306 e. The third kappa shape index (κ3) is 5.04. The summed E-state index contributed by atoms with van der Waals surface area (Å²) in [4.78, 5) is 35.7. The zero-order chi connectivity index (χ0) is 18.2. The lowest BCUT2D eigenvalue weighted by Crippen LogP contribution is -2.28. The Hall–Kier alpha value is -2.89. The fourth-order valence-corrected chi connectivity index (χ4v) is 2.40. The number of carbonyl (C=O) groups excluding carboxylic acids is 3. The first-order chi connectivity index (χ1) is 12.0. The molecule has 0 bridgehead atoms. The number of ether oxygens (including phenoxy) is 2. The van der Waals surface area contributed by atoms with E-state index in [0.717, 1.165) is 5.56 Å². The molecule has 0 heterocycles. The Balaban J connectivity index is 1.72. The number of benzene rings is 1. The minimum atomic E-state index is -0.343. The van der Waals surface area contributed by atoms with Gasteiger partial charge in [0, 0.05) is 24.6 Å². The summed E-state index contributed by atoms with van der Waals surface area (Å²) in [7, 11) is 1.36. The van der Waals surface area contributed by atoms with Crippen molar-refractivity contribution < 1.29 is 23.9 Å². The fourth-order valence-electron chi connectivity index (χ4n) is 2.40. The predicted octanol–water partition coefficient (Wildman–Crippen LogP) is 2.06. The van der Waals surface area contributed by atoms with Crippen LogP contribution in [0.2, 0.25) is 0 Å². The Morgan fingerprint density at radius 1 is 1.16 bits per heavy atom. The summed E-state index contributed by atoms with van der Waals surface area (Å²) in [6, 6.07) is 9.44. The summed E-state index contributed by atoms with van der Waals surface area (Å²) < 4.78 is 10.1. The number of nitrogens with one attached hydrogen (secondary N) is 1. The Morgan fingerprint density at radius 2 is 1.88 bits per heavy atom. The van der Waals surface area contributed by atoms with Gasteiger partial charge in [-0.05, 0) is 18.9 Å². The Labute approximate surface area is 146 Å². The van der Waals surface area contributed by atoms with Crippen LogP contribution in [0.1, 0.15) is 25.3 Å². The van der Waals surface area contributed by atoms with Gasteiger partial charge in [-0.25, -0.2) is 0 Å². The van der Waals surface area contributed by atoms with Crippen molar-refractivity contribution in [3.63, 3.8) is 0 Å². The number of rotatable bonds is 8. The predicted molar refractivity (Wildman–Crippen MR) is 91.3 cm³/mol. The first kappa shape index (κ1) is 18.4. The largest absolute Gasteiger partial charge is 0.492 e. The summed E-state index contributed by atoms with van der Waals surface area (Å²) >= 11 is 0. The van der Waals surface area contributed by atoms with Crippen molar-refractivity contribution in [3.8, 4) is 0 Å². The molecule has 0 spiro atoms. The molecule has 0 saturated carbocycles. The average Bonchev–Trinajstić information content (AvgIpc) is 2.62. The maximum absolute atomic E-state index is 12.1. The van der Waals surface area contributed by atoms with Crippen LogP contribution >= 0.6 is 0 Å². The normalized spacial score (nSPS) is 14.2. The van der Waals surface area contributed by atoms with E-state index < -0.39 is 0 Å². The van der Waals surface area contributed by atoms with Gasteiger partial charge in [-0.1, -0.05) is 30.3 Å². The van der Waals surface area contributed by atoms with Crippen molar-refractivity contribution in [2.75, 3.05) is 13.7 Å². The van der Waals surface area contributed by atoms with E-state index >= 15 is 0 Å². The third-order valence-electron chi connectivity index (χ3n) is 3.74. The number of hydrogen-bond donors (Lipinski definition) is 1. The van der Waals surface area contributed by atoms with Crippen LogP contribution < -0.4 is 5.32 Å². The van der Waals surface area contributed by atoms with Gasteiger partial charge in [-0.2, -0.15) is 0 Å². The van der Waals surface area contributed by atoms with Gasteiger partial charge in [0.1, 0.15) is 6.61 Å². The van der Waals surface area contributed by atoms with Crippen molar-refractivity contribution in [1.82, 2.24) is 5.32 Å². The second kappa shape index (κ2) is 8.82. The lowest BCUT2D eigenvalue weighted by atomic mass is 10.00. The molecule has 1 aliphatic rings. The second-order valence-corrected chi connectivity index (χ2v) is 5.59. The van der Waals surface area contributed by atoms with Crippen molar-refractivity contribution >= 4 is 17.5 Å². The first-order valence-electron chi connectivity index (χ1n) is 8.02. The van der Waals surface area contributed by atoms with Gasteiger partial charge in [0.2, 0.25) is 11.6 Å². The summed E-state index contributed by atoms with van der Waals surface area (Å²) in [5.74, 6) is -0.851. The molecular weight excluding hydrogens is 322 g/mol. The van der Waals surface area contributed by atoms with Crippen LogP contribution in [0.5, 0.6) is 0 Å². The molecule has 0 unspecified atom stereocenters. The van der Waals surface area contributed by atoms with Crippen molar-refractivity contribution in [1.29, 1.82) is 0 Å². The number of carbonyl (C=O) groups is 3. The number of ketones is 2. The quantitative estimate of drug-likeness (QED) is 0.442. The van der Waals surface area contributed by atoms with E-state index in [1.807, 2.05) is 30.3 Å². The highest BCUT2D eigenvalue weighted by Gasteiger charge is 2.26. The molecule has 0 atom stereocenters. The van der Waals surface area contributed by atoms with Gasteiger partial charge < -0.3 is 14.8 Å². The van der Waals surface area contributed by atoms with Crippen molar-refractivity contribution in [2.24, 2.45) is 0 Å².